The van der Waals surface area contributed by atoms with Crippen LogP contribution < -0.4 is 36.0 Å². The molecule has 0 bridgehead atoms. The number of ether oxygens (including phenoxy) is 2. The first kappa shape index (κ1) is 43.8. The lowest BCUT2D eigenvalue weighted by atomic mass is 9.78. The van der Waals surface area contributed by atoms with Crippen molar-refractivity contribution >= 4 is 75.2 Å². The van der Waals surface area contributed by atoms with Crippen LogP contribution in [-0.4, -0.2) is 131 Å². The van der Waals surface area contributed by atoms with Gasteiger partial charge in [0.2, 0.25) is 17.8 Å². The second-order valence-electron chi connectivity index (χ2n) is 18.8. The number of imide groups is 2. The number of amides is 5. The zero-order valence-corrected chi connectivity index (χ0v) is 37.9. The molecular weight excluding hydrogens is 868 g/mol. The largest absolute Gasteiger partial charge is 0.478 e. The highest BCUT2D eigenvalue weighted by molar-refractivity contribution is 6.33. The Balaban J connectivity index is 0.690. The minimum absolute atomic E-state index is 0.0893. The number of hydrogen-bond donors (Lipinski definition) is 3. The van der Waals surface area contributed by atoms with E-state index in [9.17, 15) is 28.8 Å². The summed E-state index contributed by atoms with van der Waals surface area (Å²) < 4.78 is 13.9. The summed E-state index contributed by atoms with van der Waals surface area (Å²) in [6, 6.07) is 12.0. The van der Waals surface area contributed by atoms with Crippen LogP contribution in [0.4, 0.5) is 23.1 Å². The molecule has 1 aliphatic carbocycles. The molecule has 0 radical (unpaired) electrons. The van der Waals surface area contributed by atoms with Gasteiger partial charge in [-0.25, -0.2) is 4.98 Å². The third-order valence-corrected chi connectivity index (χ3v) is 14.4. The molecule has 2 aromatic heterocycles. The Bertz CT molecular complexity index is 2710. The van der Waals surface area contributed by atoms with Gasteiger partial charge >= 0.3 is 0 Å². The summed E-state index contributed by atoms with van der Waals surface area (Å²) in [4.78, 5) is 93.2. The number of carbonyl (C=O) groups is 5. The molecule has 66 heavy (non-hydrogen) atoms. The number of carbonyl (C=O) groups excluding carboxylic acids is 5. The van der Waals surface area contributed by atoms with Gasteiger partial charge in [0.25, 0.3) is 23.3 Å². The number of fused-ring (bicyclic) bond motifs is 2. The van der Waals surface area contributed by atoms with Crippen LogP contribution in [0, 0.1) is 5.41 Å². The van der Waals surface area contributed by atoms with Gasteiger partial charge in [0.05, 0.1) is 35.0 Å². The lowest BCUT2D eigenvalue weighted by molar-refractivity contribution is -0.136. The number of halogens is 1. The van der Waals surface area contributed by atoms with E-state index in [0.717, 1.165) is 92.9 Å². The Kier molecular flexibility index (Phi) is 11.5. The highest BCUT2D eigenvalue weighted by atomic mass is 35.5. The van der Waals surface area contributed by atoms with E-state index < -0.39 is 29.7 Å². The Morgan fingerprint density at radius 1 is 0.924 bits per heavy atom. The van der Waals surface area contributed by atoms with Crippen molar-refractivity contribution in [2.24, 2.45) is 5.41 Å². The van der Waals surface area contributed by atoms with Gasteiger partial charge in [-0.15, -0.1) is 0 Å². The number of likely N-dealkylation sites (N-methyl/N-ethyl adjacent to an activating group) is 1. The number of anilines is 4. The fourth-order valence-electron chi connectivity index (χ4n) is 10.5. The third-order valence-electron chi connectivity index (χ3n) is 14.2. The molecule has 1 atom stereocenters. The molecule has 1 spiro atoms. The summed E-state index contributed by atoms with van der Waals surface area (Å²) in [6.07, 6.45) is 7.12. The van der Waals surface area contributed by atoms with Gasteiger partial charge in [0, 0.05) is 80.5 Å². The van der Waals surface area contributed by atoms with Crippen LogP contribution in [0.25, 0.3) is 10.9 Å². The molecule has 5 aliphatic heterocycles. The van der Waals surface area contributed by atoms with E-state index >= 15 is 0 Å². The average molecular weight is 921 g/mol. The quantitative estimate of drug-likeness (QED) is 0.172. The molecule has 10 rings (SSSR count). The van der Waals surface area contributed by atoms with Crippen LogP contribution >= 0.6 is 11.6 Å². The molecule has 6 aliphatic rings. The predicted octanol–water partition coefficient (Wildman–Crippen LogP) is 4.02. The van der Waals surface area contributed by atoms with Crippen molar-refractivity contribution in [2.45, 2.75) is 89.1 Å². The monoisotopic (exact) mass is 920 g/mol. The van der Waals surface area contributed by atoms with Crippen molar-refractivity contribution in [1.82, 2.24) is 35.0 Å². The number of benzene rings is 2. The SMILES string of the molecule is CNC(=O)COc1cc2cc(Nc3nc(N4CCC(OC5CC(N6CCC7(CN(c8ccc9c(c8)C(=O)N([C@@H]8CCC(=O)NC8=O)C9=O)C7)C6)C5)CC4)ncc3Cl)ccc2n(C(C)C)c1=O. The number of nitrogens with one attached hydrogen (secondary N) is 3. The van der Waals surface area contributed by atoms with E-state index in [2.05, 4.69) is 35.6 Å². The van der Waals surface area contributed by atoms with Gasteiger partial charge in [-0.05, 0) is 101 Å². The Hall–Kier alpha value is -6.11. The lowest BCUT2D eigenvalue weighted by Gasteiger charge is -2.50. The predicted molar refractivity (Wildman–Crippen MR) is 246 cm³/mol. The molecule has 5 fully saturated rings. The molecule has 346 valence electrons. The summed E-state index contributed by atoms with van der Waals surface area (Å²) in [7, 11) is 1.51. The Morgan fingerprint density at radius 3 is 2.44 bits per heavy atom. The summed E-state index contributed by atoms with van der Waals surface area (Å²) in [5.41, 5.74) is 2.83. The van der Waals surface area contributed by atoms with Gasteiger partial charge in [0.15, 0.2) is 18.2 Å². The fraction of sp³-hybridized carbons (Fsp3) is 0.489. The van der Waals surface area contributed by atoms with Crippen molar-refractivity contribution in [3.05, 3.63) is 75.2 Å². The number of likely N-dealkylation sites (tertiary alicyclic amines) is 1. The maximum absolute atomic E-state index is 13.4. The summed E-state index contributed by atoms with van der Waals surface area (Å²) in [5.74, 6) is -1.17. The van der Waals surface area contributed by atoms with Crippen LogP contribution in [0.15, 0.2) is 53.5 Å². The van der Waals surface area contributed by atoms with E-state index in [1.54, 1.807) is 29.0 Å². The Morgan fingerprint density at radius 2 is 1.70 bits per heavy atom. The van der Waals surface area contributed by atoms with Crippen LogP contribution in [0.5, 0.6) is 5.75 Å². The van der Waals surface area contributed by atoms with Crippen molar-refractivity contribution in [3.63, 3.8) is 0 Å². The zero-order chi connectivity index (χ0) is 46.0. The van der Waals surface area contributed by atoms with Crippen molar-refractivity contribution in [1.29, 1.82) is 0 Å². The van der Waals surface area contributed by atoms with Gasteiger partial charge in [0.1, 0.15) is 11.1 Å². The van der Waals surface area contributed by atoms with Crippen molar-refractivity contribution in [2.75, 3.05) is 68.0 Å². The lowest BCUT2D eigenvalue weighted by Crippen LogP contribution is -2.59. The molecular formula is C47H53ClN10O8. The first-order valence-corrected chi connectivity index (χ1v) is 23.2. The van der Waals surface area contributed by atoms with Crippen LogP contribution in [-0.2, 0) is 19.1 Å². The number of piperidine rings is 2. The highest BCUT2D eigenvalue weighted by Gasteiger charge is 2.51. The van der Waals surface area contributed by atoms with Gasteiger partial charge < -0.3 is 34.5 Å². The summed E-state index contributed by atoms with van der Waals surface area (Å²) in [6.45, 7) is 8.92. The molecule has 4 aromatic rings. The van der Waals surface area contributed by atoms with Crippen molar-refractivity contribution in [3.8, 4) is 5.75 Å². The number of nitrogens with zero attached hydrogens (tertiary/aromatic N) is 7. The zero-order valence-electron chi connectivity index (χ0n) is 37.2. The maximum Gasteiger partial charge on any atom is 0.293 e. The van der Waals surface area contributed by atoms with E-state index in [1.165, 1.54) is 7.05 Å². The van der Waals surface area contributed by atoms with E-state index in [4.69, 9.17) is 26.1 Å². The normalized spacial score (nSPS) is 23.0. The van der Waals surface area contributed by atoms with Crippen LogP contribution in [0.3, 0.4) is 0 Å². The first-order chi connectivity index (χ1) is 31.8. The molecule has 0 unspecified atom stereocenters. The highest BCUT2D eigenvalue weighted by Crippen LogP contribution is 2.45. The van der Waals surface area contributed by atoms with Crippen LogP contribution in [0.2, 0.25) is 5.02 Å². The van der Waals surface area contributed by atoms with Gasteiger partial charge in [-0.2, -0.15) is 4.98 Å². The molecule has 4 saturated heterocycles. The first-order valence-electron chi connectivity index (χ1n) is 22.8. The summed E-state index contributed by atoms with van der Waals surface area (Å²) in [5, 5.41) is 9.21. The minimum Gasteiger partial charge on any atom is -0.478 e. The number of hydrogen-bond acceptors (Lipinski definition) is 14. The number of rotatable bonds is 12. The molecule has 19 heteroatoms. The number of pyridine rings is 1. The van der Waals surface area contributed by atoms with Gasteiger partial charge in [-0.1, -0.05) is 11.6 Å². The number of aromatic nitrogens is 3. The average Bonchev–Trinajstić information content (AvgIpc) is 3.82. The maximum atomic E-state index is 13.4. The molecule has 1 saturated carbocycles. The molecule has 2 aromatic carbocycles. The second-order valence-corrected chi connectivity index (χ2v) is 19.2. The fourth-order valence-corrected chi connectivity index (χ4v) is 10.7. The minimum atomic E-state index is -0.976. The molecule has 7 heterocycles. The van der Waals surface area contributed by atoms with Crippen LogP contribution in [0.1, 0.15) is 85.6 Å². The van der Waals surface area contributed by atoms with Crippen molar-refractivity contribution < 1.29 is 33.4 Å². The van der Waals surface area contributed by atoms with E-state index in [-0.39, 0.29) is 60.3 Å². The smallest absolute Gasteiger partial charge is 0.293 e. The molecule has 3 N–H and O–H groups in total. The standard InChI is InChI=1S/C47H53ClN10O8/c1-26(2)57-36-7-4-28(16-27(36)17-38(45(57)64)65-22-40(60)49-3)51-41-35(48)21-50-46(53-41)54-13-10-31(11-14-54)66-32-18-30(19-32)55-15-12-47(23-55)24-56(25-47)29-5-6-33-34(20-29)44(63)58(43(33)62)37-8-9-39(59)52-42(37)61/h4-7,16-17,20-21,26,30-32,37H,8-15,18-19,22-25H2,1-3H3,(H,49,60)(H,50,51,53)(H,52,59,61)/t30?,32?,37-/m1/s1. The van der Waals surface area contributed by atoms with Gasteiger partial charge in [-0.3, -0.25) is 43.9 Å². The summed E-state index contributed by atoms with van der Waals surface area (Å²) >= 11 is 6.61. The topological polar surface area (TPSA) is 201 Å². The van der Waals surface area contributed by atoms with E-state index in [1.807, 2.05) is 38.1 Å². The van der Waals surface area contributed by atoms with E-state index in [0.29, 0.717) is 39.6 Å². The molecule has 18 nitrogen and oxygen atoms in total. The Labute approximate surface area is 385 Å². The third kappa shape index (κ3) is 8.12. The second kappa shape index (κ2) is 17.3. The molecule has 5 amide bonds.